The molecule has 1 fully saturated rings. The van der Waals surface area contributed by atoms with Gasteiger partial charge in [-0.05, 0) is 102 Å². The van der Waals surface area contributed by atoms with E-state index in [1.165, 1.54) is 24.0 Å². The number of aliphatic carboxylic acids is 1. The summed E-state index contributed by atoms with van der Waals surface area (Å²) in [4.78, 5) is 11.6. The van der Waals surface area contributed by atoms with Crippen molar-refractivity contribution < 1.29 is 19.0 Å². The molecule has 37 heavy (non-hydrogen) atoms. The Labute approximate surface area is 219 Å². The third-order valence-electron chi connectivity index (χ3n) is 8.80. The lowest BCUT2D eigenvalue weighted by Gasteiger charge is -2.30. The van der Waals surface area contributed by atoms with Crippen LogP contribution in [0.25, 0.3) is 11.1 Å². The van der Waals surface area contributed by atoms with Crippen molar-refractivity contribution in [3.05, 3.63) is 88.2 Å². The van der Waals surface area contributed by atoms with Crippen LogP contribution in [-0.2, 0) is 17.8 Å². The maximum Gasteiger partial charge on any atom is 0.306 e. The summed E-state index contributed by atoms with van der Waals surface area (Å²) in [5, 5.41) is 9.52. The molecule has 1 N–H and O–H groups in total. The highest BCUT2D eigenvalue weighted by Crippen LogP contribution is 2.51. The lowest BCUT2D eigenvalue weighted by atomic mass is 9.75. The molecule has 2 aliphatic carbocycles. The molecule has 0 spiro atoms. The van der Waals surface area contributed by atoms with Gasteiger partial charge in [-0.2, -0.15) is 0 Å². The number of halogens is 1. The average Bonchev–Trinajstić information content (AvgIpc) is 3.45. The highest BCUT2D eigenvalue weighted by Gasteiger charge is 2.37. The molecular weight excluding hydrogens is 463 g/mol. The fraction of sp³-hybridized carbons (Fsp3) is 0.424. The van der Waals surface area contributed by atoms with E-state index in [1.807, 2.05) is 37.3 Å². The van der Waals surface area contributed by atoms with Gasteiger partial charge in [0.1, 0.15) is 18.2 Å². The van der Waals surface area contributed by atoms with E-state index in [0.29, 0.717) is 18.1 Å². The molecule has 3 aromatic carbocycles. The second kappa shape index (κ2) is 9.96. The zero-order valence-electron chi connectivity index (χ0n) is 22.3. The van der Waals surface area contributed by atoms with Crippen LogP contribution < -0.4 is 4.74 Å². The van der Waals surface area contributed by atoms with E-state index in [4.69, 9.17) is 4.74 Å². The summed E-state index contributed by atoms with van der Waals surface area (Å²) in [5.41, 5.74) is 7.45. The molecule has 0 amide bonds. The van der Waals surface area contributed by atoms with Crippen molar-refractivity contribution in [2.45, 2.75) is 78.2 Å². The zero-order valence-corrected chi connectivity index (χ0v) is 22.3. The van der Waals surface area contributed by atoms with Crippen molar-refractivity contribution in [2.24, 2.45) is 11.3 Å². The normalized spacial score (nSPS) is 21.0. The molecule has 0 unspecified atom stereocenters. The van der Waals surface area contributed by atoms with Gasteiger partial charge in [-0.25, -0.2) is 4.39 Å². The highest BCUT2D eigenvalue weighted by atomic mass is 19.1. The van der Waals surface area contributed by atoms with E-state index in [9.17, 15) is 14.3 Å². The maximum atomic E-state index is 15.0. The van der Waals surface area contributed by atoms with Crippen LogP contribution in [0.4, 0.5) is 4.39 Å². The summed E-state index contributed by atoms with van der Waals surface area (Å²) in [7, 11) is 0. The first-order chi connectivity index (χ1) is 17.6. The number of fused-ring (bicyclic) bond motifs is 1. The van der Waals surface area contributed by atoms with Crippen LogP contribution in [0.5, 0.6) is 5.75 Å². The van der Waals surface area contributed by atoms with E-state index in [1.54, 1.807) is 13.0 Å². The minimum Gasteiger partial charge on any atom is -0.489 e. The van der Waals surface area contributed by atoms with E-state index >= 15 is 0 Å². The molecule has 0 aliphatic heterocycles. The van der Waals surface area contributed by atoms with Crippen LogP contribution in [-0.4, -0.2) is 11.1 Å². The summed E-state index contributed by atoms with van der Waals surface area (Å²) in [6.45, 7) is 8.85. The molecule has 0 aromatic heterocycles. The zero-order chi connectivity index (χ0) is 26.3. The van der Waals surface area contributed by atoms with Crippen LogP contribution in [0.1, 0.15) is 86.1 Å². The Hall–Kier alpha value is -3.14. The number of ether oxygens (including phenoxy) is 1. The topological polar surface area (TPSA) is 46.5 Å². The summed E-state index contributed by atoms with van der Waals surface area (Å²) < 4.78 is 21.2. The van der Waals surface area contributed by atoms with Gasteiger partial charge in [0.05, 0.1) is 5.92 Å². The molecule has 1 saturated carbocycles. The number of hydrogen-bond acceptors (Lipinski definition) is 2. The van der Waals surface area contributed by atoms with Crippen LogP contribution in [0, 0.1) is 24.1 Å². The Morgan fingerprint density at radius 3 is 2.59 bits per heavy atom. The largest absolute Gasteiger partial charge is 0.489 e. The van der Waals surface area contributed by atoms with Crippen molar-refractivity contribution >= 4 is 5.97 Å². The number of carbonyl (C=O) groups is 1. The summed E-state index contributed by atoms with van der Waals surface area (Å²) >= 11 is 0. The second-order valence-electron chi connectivity index (χ2n) is 11.8. The smallest absolute Gasteiger partial charge is 0.306 e. The molecule has 2 aliphatic rings. The van der Waals surface area contributed by atoms with E-state index in [0.717, 1.165) is 47.3 Å². The molecule has 0 saturated heterocycles. The number of carboxylic acids is 1. The number of hydrogen-bond donors (Lipinski definition) is 1. The lowest BCUT2D eigenvalue weighted by molar-refractivity contribution is -0.141. The van der Waals surface area contributed by atoms with Crippen molar-refractivity contribution in [1.29, 1.82) is 0 Å². The molecule has 3 atom stereocenters. The van der Waals surface area contributed by atoms with Crippen molar-refractivity contribution in [3.63, 3.8) is 0 Å². The molecule has 5 rings (SSSR count). The molecule has 194 valence electrons. The van der Waals surface area contributed by atoms with E-state index in [-0.39, 0.29) is 17.2 Å². The van der Waals surface area contributed by atoms with Crippen LogP contribution in [0.15, 0.2) is 54.6 Å². The predicted molar refractivity (Wildman–Crippen MR) is 146 cm³/mol. The number of rotatable bonds is 7. The minimum atomic E-state index is -0.753. The van der Waals surface area contributed by atoms with Crippen molar-refractivity contribution in [1.82, 2.24) is 0 Å². The Balaban J connectivity index is 1.44. The van der Waals surface area contributed by atoms with Gasteiger partial charge in [0.15, 0.2) is 0 Å². The molecule has 0 radical (unpaired) electrons. The van der Waals surface area contributed by atoms with Gasteiger partial charge in [0.25, 0.3) is 0 Å². The first-order valence-corrected chi connectivity index (χ1v) is 13.5. The maximum absolute atomic E-state index is 15.0. The molecular formula is C33H37FO3. The standard InChI is InChI=1S/C33H37FO3/c1-20-7-14-31(34)29(16-20)26-12-8-22(17-28(26)30-6-5-15-33(30,3)4)19-37-24-11-9-23-10-13-25(27(23)18-24)21(2)32(35)36/h7-9,11-12,14,16-18,21,25,30H,5-6,10,13,15,19H2,1-4H3,(H,35,36)/t21-,25+,30-/m1/s1. The first-order valence-electron chi connectivity index (χ1n) is 13.5. The van der Waals surface area contributed by atoms with Gasteiger partial charge in [-0.15, -0.1) is 0 Å². The molecule has 3 aromatic rings. The number of carboxylic acid groups (broad SMARTS) is 1. The third-order valence-corrected chi connectivity index (χ3v) is 8.80. The van der Waals surface area contributed by atoms with Crippen LogP contribution in [0.3, 0.4) is 0 Å². The molecule has 4 heteroatoms. The van der Waals surface area contributed by atoms with Gasteiger partial charge in [-0.3, -0.25) is 4.79 Å². The number of benzene rings is 3. The Morgan fingerprint density at radius 2 is 1.86 bits per heavy atom. The Kier molecular flexibility index (Phi) is 6.87. The van der Waals surface area contributed by atoms with Gasteiger partial charge >= 0.3 is 5.97 Å². The van der Waals surface area contributed by atoms with Crippen molar-refractivity contribution in [2.75, 3.05) is 0 Å². The van der Waals surface area contributed by atoms with Gasteiger partial charge in [0, 0.05) is 5.56 Å². The van der Waals surface area contributed by atoms with E-state index in [2.05, 4.69) is 32.0 Å². The highest BCUT2D eigenvalue weighted by molar-refractivity contribution is 5.72. The average molecular weight is 501 g/mol. The minimum absolute atomic E-state index is 0.0239. The fourth-order valence-corrected chi connectivity index (χ4v) is 6.54. The quantitative estimate of drug-likeness (QED) is 0.354. The summed E-state index contributed by atoms with van der Waals surface area (Å²) in [6, 6.07) is 17.8. The number of aryl methyl sites for hydroxylation is 2. The van der Waals surface area contributed by atoms with Crippen LogP contribution >= 0.6 is 0 Å². The predicted octanol–water partition coefficient (Wildman–Crippen LogP) is 8.42. The van der Waals surface area contributed by atoms with Gasteiger partial charge in [-0.1, -0.05) is 63.1 Å². The Morgan fingerprint density at radius 1 is 1.05 bits per heavy atom. The molecule has 0 bridgehead atoms. The fourth-order valence-electron chi connectivity index (χ4n) is 6.54. The lowest BCUT2D eigenvalue weighted by Crippen LogP contribution is -2.17. The molecule has 3 nitrogen and oxygen atoms in total. The Bertz CT molecular complexity index is 1330. The summed E-state index contributed by atoms with van der Waals surface area (Å²) in [6.07, 6.45) is 5.23. The van der Waals surface area contributed by atoms with Crippen LogP contribution in [0.2, 0.25) is 0 Å². The van der Waals surface area contributed by atoms with Crippen molar-refractivity contribution in [3.8, 4) is 16.9 Å². The van der Waals surface area contributed by atoms with E-state index < -0.39 is 11.9 Å². The first kappa shape index (κ1) is 25.5. The molecule has 0 heterocycles. The van der Waals surface area contributed by atoms with Gasteiger partial charge in [0.2, 0.25) is 0 Å². The SMILES string of the molecule is Cc1ccc(F)c(-c2ccc(COc3ccc4c(c3)[C@H]([C@@H](C)C(=O)O)CC4)cc2[C@H]2CCCC2(C)C)c1. The summed E-state index contributed by atoms with van der Waals surface area (Å²) in [5.74, 6) is -0.203. The monoisotopic (exact) mass is 500 g/mol. The second-order valence-corrected chi connectivity index (χ2v) is 11.8. The third kappa shape index (κ3) is 5.03. The van der Waals surface area contributed by atoms with Gasteiger partial charge < -0.3 is 9.84 Å².